The highest BCUT2D eigenvalue weighted by atomic mass is 35.5. The minimum atomic E-state index is -0.304. The fourth-order valence-electron chi connectivity index (χ4n) is 1.55. The van der Waals surface area contributed by atoms with E-state index in [-0.39, 0.29) is 11.6 Å². The Balaban J connectivity index is 2.41. The van der Waals surface area contributed by atoms with Gasteiger partial charge in [-0.25, -0.2) is 8.78 Å². The summed E-state index contributed by atoms with van der Waals surface area (Å²) in [5.74, 6) is -0.608. The first kappa shape index (κ1) is 11.8. The minimum Gasteiger partial charge on any atom is -0.207 e. The van der Waals surface area contributed by atoms with Gasteiger partial charge in [0.2, 0.25) is 0 Å². The molecule has 0 fully saturated rings. The predicted molar refractivity (Wildman–Crippen MR) is 65.7 cm³/mol. The lowest BCUT2D eigenvalue weighted by molar-refractivity contribution is 0.627. The Kier molecular flexibility index (Phi) is 3.55. The largest absolute Gasteiger partial charge is 0.207 e. The molecule has 0 N–H and O–H groups in total. The van der Waals surface area contributed by atoms with Crippen LogP contribution in [-0.2, 0) is 0 Å². The molecule has 0 aliphatic rings. The first-order valence-corrected chi connectivity index (χ1v) is 5.46. The molecule has 2 rings (SSSR count). The molecule has 0 radical (unpaired) electrons. The lowest BCUT2D eigenvalue weighted by atomic mass is 10.00. The predicted octanol–water partition coefficient (Wildman–Crippen LogP) is 4.59. The number of hydrogen-bond donors (Lipinski definition) is 0. The van der Waals surface area contributed by atoms with Crippen LogP contribution >= 0.6 is 11.6 Å². The van der Waals surface area contributed by atoms with E-state index in [0.717, 1.165) is 16.7 Å². The van der Waals surface area contributed by atoms with Gasteiger partial charge >= 0.3 is 0 Å². The van der Waals surface area contributed by atoms with Gasteiger partial charge in [0.05, 0.1) is 0 Å². The average Bonchev–Trinajstić information content (AvgIpc) is 2.35. The van der Waals surface area contributed by atoms with E-state index in [1.165, 1.54) is 29.8 Å². The van der Waals surface area contributed by atoms with E-state index < -0.39 is 0 Å². The molecule has 0 spiro atoms. The fraction of sp³-hybridized carbons (Fsp3) is 0. The molecule has 17 heavy (non-hydrogen) atoms. The summed E-state index contributed by atoms with van der Waals surface area (Å²) in [6, 6.07) is 12.0. The van der Waals surface area contributed by atoms with E-state index in [0.29, 0.717) is 0 Å². The summed E-state index contributed by atoms with van der Waals surface area (Å²) >= 11 is 5.77. The molecule has 86 valence electrons. The van der Waals surface area contributed by atoms with Crippen molar-refractivity contribution in [2.45, 2.75) is 0 Å². The Morgan fingerprint density at radius 3 is 1.41 bits per heavy atom. The van der Waals surface area contributed by atoms with Crippen molar-refractivity contribution in [2.24, 2.45) is 0 Å². The molecule has 2 aromatic rings. The van der Waals surface area contributed by atoms with Gasteiger partial charge in [-0.05, 0) is 35.4 Å². The summed E-state index contributed by atoms with van der Waals surface area (Å²) in [5.41, 5.74) is 3.70. The zero-order chi connectivity index (χ0) is 12.3. The van der Waals surface area contributed by atoms with Gasteiger partial charge in [-0.15, -0.1) is 0 Å². The van der Waals surface area contributed by atoms with Crippen LogP contribution < -0.4 is 0 Å². The Hall–Kier alpha value is -1.67. The first-order chi connectivity index (χ1) is 8.20. The monoisotopic (exact) mass is 250 g/mol. The van der Waals surface area contributed by atoms with Gasteiger partial charge in [-0.3, -0.25) is 0 Å². The van der Waals surface area contributed by atoms with Gasteiger partial charge in [0.25, 0.3) is 0 Å². The maximum absolute atomic E-state index is 12.8. The molecular weight excluding hydrogens is 242 g/mol. The Morgan fingerprint density at radius 2 is 1.12 bits per heavy atom. The summed E-state index contributed by atoms with van der Waals surface area (Å²) in [5, 5.41) is 0. The van der Waals surface area contributed by atoms with Crippen LogP contribution in [0.4, 0.5) is 8.78 Å². The zero-order valence-corrected chi connectivity index (χ0v) is 9.59. The standard InChI is InChI=1S/C14H9ClF2/c15-9-14(10-1-5-12(16)6-2-10)11-3-7-13(17)8-4-11/h1-9H. The topological polar surface area (TPSA) is 0 Å². The third-order valence-corrected chi connectivity index (χ3v) is 2.64. The third-order valence-electron chi connectivity index (χ3n) is 2.42. The van der Waals surface area contributed by atoms with Crippen molar-refractivity contribution in [2.75, 3.05) is 0 Å². The van der Waals surface area contributed by atoms with Crippen molar-refractivity contribution in [1.82, 2.24) is 0 Å². The normalized spacial score (nSPS) is 10.1. The van der Waals surface area contributed by atoms with Gasteiger partial charge in [-0.2, -0.15) is 0 Å². The molecule has 0 bridgehead atoms. The van der Waals surface area contributed by atoms with Gasteiger partial charge in [-0.1, -0.05) is 35.9 Å². The molecule has 0 amide bonds. The quantitative estimate of drug-likeness (QED) is 0.731. The van der Waals surface area contributed by atoms with Gasteiger partial charge in [0, 0.05) is 11.1 Å². The van der Waals surface area contributed by atoms with E-state index >= 15 is 0 Å². The Labute approximate surface area is 103 Å². The molecule has 0 heterocycles. The number of hydrogen-bond acceptors (Lipinski definition) is 0. The Morgan fingerprint density at radius 1 is 0.765 bits per heavy atom. The molecule has 0 aliphatic carbocycles. The number of benzene rings is 2. The van der Waals surface area contributed by atoms with Crippen LogP contribution in [0.25, 0.3) is 5.57 Å². The van der Waals surface area contributed by atoms with Crippen LogP contribution in [0, 0.1) is 11.6 Å². The zero-order valence-electron chi connectivity index (χ0n) is 8.83. The van der Waals surface area contributed by atoms with Crippen molar-refractivity contribution >= 4 is 17.2 Å². The average molecular weight is 251 g/mol. The van der Waals surface area contributed by atoms with Crippen LogP contribution in [0.1, 0.15) is 11.1 Å². The highest BCUT2D eigenvalue weighted by molar-refractivity contribution is 6.29. The van der Waals surface area contributed by atoms with E-state index in [2.05, 4.69) is 0 Å². The lowest BCUT2D eigenvalue weighted by Gasteiger charge is -2.06. The van der Waals surface area contributed by atoms with Crippen LogP contribution in [0.2, 0.25) is 0 Å². The van der Waals surface area contributed by atoms with Crippen molar-refractivity contribution in [3.05, 3.63) is 76.8 Å². The van der Waals surface area contributed by atoms with Gasteiger partial charge in [0.1, 0.15) is 11.6 Å². The van der Waals surface area contributed by atoms with E-state index in [1.807, 2.05) is 0 Å². The maximum atomic E-state index is 12.8. The molecule has 2 aromatic carbocycles. The summed E-state index contributed by atoms with van der Waals surface area (Å²) in [4.78, 5) is 0. The van der Waals surface area contributed by atoms with E-state index in [1.54, 1.807) is 24.3 Å². The van der Waals surface area contributed by atoms with Crippen molar-refractivity contribution in [3.8, 4) is 0 Å². The SMILES string of the molecule is Fc1ccc(C(=CCl)c2ccc(F)cc2)cc1. The second kappa shape index (κ2) is 5.11. The highest BCUT2D eigenvalue weighted by Crippen LogP contribution is 2.24. The highest BCUT2D eigenvalue weighted by Gasteiger charge is 2.05. The molecule has 0 saturated heterocycles. The summed E-state index contributed by atoms with van der Waals surface area (Å²) in [6.07, 6.45) is 0. The smallest absolute Gasteiger partial charge is 0.123 e. The fourth-order valence-corrected chi connectivity index (χ4v) is 1.80. The molecule has 0 atom stereocenters. The molecule has 3 heteroatoms. The number of rotatable bonds is 2. The second-order valence-electron chi connectivity index (χ2n) is 3.54. The molecule has 0 saturated carbocycles. The van der Waals surface area contributed by atoms with Crippen LogP contribution in [0.3, 0.4) is 0 Å². The number of halogens is 3. The van der Waals surface area contributed by atoms with Crippen molar-refractivity contribution in [1.29, 1.82) is 0 Å². The summed E-state index contributed by atoms with van der Waals surface area (Å²) in [6.45, 7) is 0. The van der Waals surface area contributed by atoms with Gasteiger partial charge < -0.3 is 0 Å². The second-order valence-corrected chi connectivity index (χ2v) is 3.75. The van der Waals surface area contributed by atoms with E-state index in [9.17, 15) is 8.78 Å². The van der Waals surface area contributed by atoms with Crippen molar-refractivity contribution < 1.29 is 8.78 Å². The first-order valence-electron chi connectivity index (χ1n) is 5.03. The van der Waals surface area contributed by atoms with Crippen LogP contribution in [-0.4, -0.2) is 0 Å². The summed E-state index contributed by atoms with van der Waals surface area (Å²) in [7, 11) is 0. The van der Waals surface area contributed by atoms with Crippen molar-refractivity contribution in [3.63, 3.8) is 0 Å². The third kappa shape index (κ3) is 2.71. The molecular formula is C14H9ClF2. The lowest BCUT2D eigenvalue weighted by Crippen LogP contribution is -1.88. The van der Waals surface area contributed by atoms with Crippen LogP contribution in [0.5, 0.6) is 0 Å². The van der Waals surface area contributed by atoms with Crippen LogP contribution in [0.15, 0.2) is 54.1 Å². The summed E-state index contributed by atoms with van der Waals surface area (Å²) < 4.78 is 25.6. The maximum Gasteiger partial charge on any atom is 0.123 e. The molecule has 0 nitrogen and oxygen atoms in total. The van der Waals surface area contributed by atoms with Gasteiger partial charge in [0.15, 0.2) is 0 Å². The molecule has 0 aromatic heterocycles. The Bertz CT molecular complexity index is 480. The molecule has 0 aliphatic heterocycles. The molecule has 0 unspecified atom stereocenters. The van der Waals surface area contributed by atoms with E-state index in [4.69, 9.17) is 11.6 Å². The minimum absolute atomic E-state index is 0.304.